The lowest BCUT2D eigenvalue weighted by molar-refractivity contribution is 0.133. The number of anilines is 1. The second kappa shape index (κ2) is 5.51. The third-order valence-corrected chi connectivity index (χ3v) is 5.25. The van der Waals surface area contributed by atoms with E-state index >= 15 is 0 Å². The fraction of sp³-hybridized carbons (Fsp3) is 0.571. The Morgan fingerprint density at radius 3 is 2.83 bits per heavy atom. The molecule has 0 aromatic heterocycles. The lowest BCUT2D eigenvalue weighted by atomic mass is 9.99. The minimum atomic E-state index is 0.762. The third kappa shape index (κ3) is 2.61. The molecule has 3 rings (SSSR count). The average molecular weight is 374 g/mol. The van der Waals surface area contributed by atoms with Gasteiger partial charge in [0.2, 0.25) is 0 Å². The number of hydrogen-bond acceptors (Lipinski definition) is 2. The van der Waals surface area contributed by atoms with Crippen LogP contribution in [0.25, 0.3) is 0 Å². The lowest BCUT2D eigenvalue weighted by Gasteiger charge is -2.45. The van der Waals surface area contributed by atoms with Gasteiger partial charge in [0, 0.05) is 34.6 Å². The van der Waals surface area contributed by atoms with Gasteiger partial charge < -0.3 is 4.90 Å². The molecule has 4 heteroatoms. The van der Waals surface area contributed by atoms with Crippen molar-refractivity contribution in [2.24, 2.45) is 0 Å². The number of nitrogens with zero attached hydrogens (tertiary/aromatic N) is 2. The van der Waals surface area contributed by atoms with E-state index in [9.17, 15) is 0 Å². The van der Waals surface area contributed by atoms with E-state index in [0.29, 0.717) is 0 Å². The van der Waals surface area contributed by atoms with E-state index in [2.05, 4.69) is 59.9 Å². The fourth-order valence-corrected chi connectivity index (χ4v) is 3.95. The van der Waals surface area contributed by atoms with Crippen molar-refractivity contribution in [2.45, 2.75) is 25.3 Å². The molecule has 0 amide bonds. The van der Waals surface area contributed by atoms with Gasteiger partial charge in [0.05, 0.1) is 5.69 Å². The Labute approximate surface area is 126 Å². The van der Waals surface area contributed by atoms with Crippen molar-refractivity contribution in [2.75, 3.05) is 31.1 Å². The Hall–Kier alpha value is -0.0600. The summed E-state index contributed by atoms with van der Waals surface area (Å²) in [5.41, 5.74) is 1.33. The quantitative estimate of drug-likeness (QED) is 0.736. The number of piperidine rings is 1. The van der Waals surface area contributed by atoms with Crippen LogP contribution in [-0.4, -0.2) is 37.1 Å². The van der Waals surface area contributed by atoms with Crippen molar-refractivity contribution in [1.29, 1.82) is 0 Å². The van der Waals surface area contributed by atoms with Crippen LogP contribution in [0.15, 0.2) is 27.1 Å². The highest BCUT2D eigenvalue weighted by molar-refractivity contribution is 9.11. The number of rotatable bonds is 1. The lowest BCUT2D eigenvalue weighted by Crippen LogP contribution is -2.55. The number of benzene rings is 1. The van der Waals surface area contributed by atoms with E-state index in [0.717, 1.165) is 17.1 Å². The SMILES string of the molecule is Brc1ccc(Br)c(N2CCN3CCCCC3C2)c1. The van der Waals surface area contributed by atoms with Crippen molar-refractivity contribution in [3.05, 3.63) is 27.1 Å². The molecule has 0 spiro atoms. The summed E-state index contributed by atoms with van der Waals surface area (Å²) < 4.78 is 2.36. The van der Waals surface area contributed by atoms with Crippen LogP contribution in [0.5, 0.6) is 0 Å². The summed E-state index contributed by atoms with van der Waals surface area (Å²) >= 11 is 7.25. The zero-order valence-electron chi connectivity index (χ0n) is 10.4. The molecule has 0 aliphatic carbocycles. The van der Waals surface area contributed by atoms with Crippen LogP contribution in [0.1, 0.15) is 19.3 Å². The van der Waals surface area contributed by atoms with Crippen molar-refractivity contribution in [3.63, 3.8) is 0 Å². The molecule has 98 valence electrons. The van der Waals surface area contributed by atoms with Crippen molar-refractivity contribution < 1.29 is 0 Å². The summed E-state index contributed by atoms with van der Waals surface area (Å²) in [6, 6.07) is 7.21. The highest BCUT2D eigenvalue weighted by Crippen LogP contribution is 2.32. The minimum absolute atomic E-state index is 0.762. The largest absolute Gasteiger partial charge is 0.368 e. The molecule has 2 heterocycles. The summed E-state index contributed by atoms with van der Waals surface area (Å²) in [5, 5.41) is 0. The first-order valence-corrected chi connectivity index (χ1v) is 8.27. The predicted molar refractivity (Wildman–Crippen MR) is 83.3 cm³/mol. The maximum absolute atomic E-state index is 3.68. The molecule has 2 fully saturated rings. The molecule has 2 aliphatic rings. The van der Waals surface area contributed by atoms with Crippen molar-refractivity contribution >= 4 is 37.5 Å². The molecule has 2 saturated heterocycles. The second-order valence-corrected chi connectivity index (χ2v) is 7.00. The summed E-state index contributed by atoms with van der Waals surface area (Å²) in [6.07, 6.45) is 4.15. The van der Waals surface area contributed by atoms with Gasteiger partial charge in [-0.05, 0) is 53.5 Å². The van der Waals surface area contributed by atoms with Crippen molar-refractivity contribution in [3.8, 4) is 0 Å². The third-order valence-electron chi connectivity index (χ3n) is 4.09. The molecule has 1 aromatic rings. The highest BCUT2D eigenvalue weighted by Gasteiger charge is 2.29. The topological polar surface area (TPSA) is 6.48 Å². The van der Waals surface area contributed by atoms with Gasteiger partial charge in [0.25, 0.3) is 0 Å². The van der Waals surface area contributed by atoms with Crippen LogP contribution in [-0.2, 0) is 0 Å². The van der Waals surface area contributed by atoms with E-state index in [-0.39, 0.29) is 0 Å². The first-order chi connectivity index (χ1) is 8.74. The fourth-order valence-electron chi connectivity index (χ4n) is 3.10. The molecule has 1 atom stereocenters. The maximum atomic E-state index is 3.68. The molecule has 0 saturated carbocycles. The first-order valence-electron chi connectivity index (χ1n) is 6.68. The zero-order chi connectivity index (χ0) is 12.5. The Morgan fingerprint density at radius 2 is 1.94 bits per heavy atom. The van der Waals surface area contributed by atoms with Gasteiger partial charge in [-0.3, -0.25) is 4.90 Å². The number of fused-ring (bicyclic) bond motifs is 1. The summed E-state index contributed by atoms with van der Waals surface area (Å²) in [7, 11) is 0. The predicted octanol–water partition coefficient (Wildman–Crippen LogP) is 3.89. The van der Waals surface area contributed by atoms with Gasteiger partial charge in [0.1, 0.15) is 0 Å². The van der Waals surface area contributed by atoms with Gasteiger partial charge in [-0.1, -0.05) is 22.4 Å². The van der Waals surface area contributed by atoms with Gasteiger partial charge >= 0.3 is 0 Å². The molecule has 2 nitrogen and oxygen atoms in total. The standard InChI is InChI=1S/C14H18Br2N2/c15-11-4-5-13(16)14(9-11)18-8-7-17-6-2-1-3-12(17)10-18/h4-5,9,12H,1-3,6-8,10H2. The van der Waals surface area contributed by atoms with Gasteiger partial charge in [-0.25, -0.2) is 0 Å². The van der Waals surface area contributed by atoms with E-state index in [1.165, 1.54) is 49.1 Å². The van der Waals surface area contributed by atoms with Crippen LogP contribution in [0.3, 0.4) is 0 Å². The van der Waals surface area contributed by atoms with Gasteiger partial charge in [-0.15, -0.1) is 0 Å². The molecule has 1 aromatic carbocycles. The zero-order valence-corrected chi connectivity index (χ0v) is 13.6. The summed E-state index contributed by atoms with van der Waals surface area (Å²) in [4.78, 5) is 5.20. The minimum Gasteiger partial charge on any atom is -0.368 e. The molecule has 18 heavy (non-hydrogen) atoms. The molecule has 1 unspecified atom stereocenters. The number of piperazine rings is 1. The van der Waals surface area contributed by atoms with Crippen LogP contribution in [0, 0.1) is 0 Å². The normalized spacial score (nSPS) is 25.0. The Balaban J connectivity index is 1.79. The van der Waals surface area contributed by atoms with Crippen LogP contribution in [0.4, 0.5) is 5.69 Å². The summed E-state index contributed by atoms with van der Waals surface area (Å²) in [5.74, 6) is 0. The Morgan fingerprint density at radius 1 is 1.06 bits per heavy atom. The van der Waals surface area contributed by atoms with Gasteiger partial charge in [-0.2, -0.15) is 0 Å². The molecular weight excluding hydrogens is 356 g/mol. The molecule has 0 radical (unpaired) electrons. The average Bonchev–Trinajstić information content (AvgIpc) is 2.41. The molecule has 0 bridgehead atoms. The van der Waals surface area contributed by atoms with E-state index < -0.39 is 0 Å². The maximum Gasteiger partial charge on any atom is 0.0522 e. The van der Waals surface area contributed by atoms with E-state index in [4.69, 9.17) is 0 Å². The molecular formula is C14H18Br2N2. The molecule has 0 N–H and O–H groups in total. The van der Waals surface area contributed by atoms with E-state index in [1.54, 1.807) is 0 Å². The van der Waals surface area contributed by atoms with Crippen LogP contribution < -0.4 is 4.90 Å². The van der Waals surface area contributed by atoms with Crippen LogP contribution >= 0.6 is 31.9 Å². The summed E-state index contributed by atoms with van der Waals surface area (Å²) in [6.45, 7) is 4.84. The second-order valence-electron chi connectivity index (χ2n) is 5.23. The van der Waals surface area contributed by atoms with E-state index in [1.807, 2.05) is 0 Å². The Bertz CT molecular complexity index is 436. The Kier molecular flexibility index (Phi) is 3.97. The van der Waals surface area contributed by atoms with Crippen LogP contribution in [0.2, 0.25) is 0 Å². The van der Waals surface area contributed by atoms with Gasteiger partial charge in [0.15, 0.2) is 0 Å². The van der Waals surface area contributed by atoms with Crippen molar-refractivity contribution in [1.82, 2.24) is 4.90 Å². The highest BCUT2D eigenvalue weighted by atomic mass is 79.9. The smallest absolute Gasteiger partial charge is 0.0522 e. The monoisotopic (exact) mass is 372 g/mol. The number of hydrogen-bond donors (Lipinski definition) is 0. The molecule has 2 aliphatic heterocycles. The number of halogens is 2. The first kappa shape index (κ1) is 12.9.